The van der Waals surface area contributed by atoms with Gasteiger partial charge in [-0.05, 0) is 48.7 Å². The van der Waals surface area contributed by atoms with Crippen LogP contribution in [0.1, 0.15) is 30.8 Å². The van der Waals surface area contributed by atoms with E-state index in [1.54, 1.807) is 18.3 Å². The summed E-state index contributed by atoms with van der Waals surface area (Å²) in [7, 11) is 0. The van der Waals surface area contributed by atoms with E-state index in [-0.39, 0.29) is 5.91 Å². The standard InChI is InChI=1S/C23H25N3O2/c1-17(2)14-15-24-18-12-13-21(25-16-18)23(27)26-20-10-6-7-11-22(20)28-19-8-4-3-5-9-19/h3-13,16-17,24H,14-15H2,1-2H3,(H,26,27). The summed E-state index contributed by atoms with van der Waals surface area (Å²) in [5.74, 6) is 1.65. The van der Waals surface area contributed by atoms with E-state index in [1.165, 1.54) is 0 Å². The Bertz CT molecular complexity index is 893. The molecule has 0 bridgehead atoms. The van der Waals surface area contributed by atoms with Crippen LogP contribution in [0.5, 0.6) is 11.5 Å². The molecule has 3 aromatic rings. The van der Waals surface area contributed by atoms with Crippen LogP contribution >= 0.6 is 0 Å². The Morgan fingerprint density at radius 3 is 2.46 bits per heavy atom. The molecule has 0 aliphatic heterocycles. The minimum absolute atomic E-state index is 0.280. The number of nitrogens with one attached hydrogen (secondary N) is 2. The van der Waals surface area contributed by atoms with E-state index >= 15 is 0 Å². The third-order valence-corrected chi connectivity index (χ3v) is 4.15. The van der Waals surface area contributed by atoms with Crippen molar-refractivity contribution in [3.05, 3.63) is 78.6 Å². The summed E-state index contributed by atoms with van der Waals surface area (Å²) in [4.78, 5) is 16.9. The molecule has 0 aliphatic rings. The summed E-state index contributed by atoms with van der Waals surface area (Å²) in [5.41, 5.74) is 1.85. The first-order valence-corrected chi connectivity index (χ1v) is 9.45. The first-order chi connectivity index (χ1) is 13.6. The molecule has 1 amide bonds. The summed E-state index contributed by atoms with van der Waals surface area (Å²) in [5, 5.41) is 6.19. The molecule has 0 saturated heterocycles. The van der Waals surface area contributed by atoms with Crippen molar-refractivity contribution in [2.45, 2.75) is 20.3 Å². The first-order valence-electron chi connectivity index (χ1n) is 9.45. The zero-order chi connectivity index (χ0) is 19.8. The Balaban J connectivity index is 1.65. The highest BCUT2D eigenvalue weighted by atomic mass is 16.5. The van der Waals surface area contributed by atoms with Gasteiger partial charge in [0.05, 0.1) is 17.6 Å². The Morgan fingerprint density at radius 2 is 1.75 bits per heavy atom. The largest absolute Gasteiger partial charge is 0.455 e. The van der Waals surface area contributed by atoms with Gasteiger partial charge in [0.25, 0.3) is 5.91 Å². The molecule has 0 radical (unpaired) electrons. The quantitative estimate of drug-likeness (QED) is 0.539. The molecular weight excluding hydrogens is 350 g/mol. The van der Waals surface area contributed by atoms with Crippen LogP contribution in [0.15, 0.2) is 72.9 Å². The predicted molar refractivity (Wildman–Crippen MR) is 113 cm³/mol. The number of carbonyl (C=O) groups is 1. The van der Waals surface area contributed by atoms with Gasteiger partial charge in [-0.15, -0.1) is 0 Å². The second-order valence-corrected chi connectivity index (χ2v) is 6.91. The number of pyridine rings is 1. The van der Waals surface area contributed by atoms with Gasteiger partial charge in [0, 0.05) is 6.54 Å². The molecule has 5 heteroatoms. The number of anilines is 2. The number of para-hydroxylation sites is 3. The molecule has 5 nitrogen and oxygen atoms in total. The molecule has 0 saturated carbocycles. The van der Waals surface area contributed by atoms with Gasteiger partial charge in [-0.3, -0.25) is 4.79 Å². The van der Waals surface area contributed by atoms with Gasteiger partial charge < -0.3 is 15.4 Å². The van der Waals surface area contributed by atoms with E-state index in [0.29, 0.717) is 28.8 Å². The maximum absolute atomic E-state index is 12.6. The van der Waals surface area contributed by atoms with E-state index in [9.17, 15) is 4.79 Å². The Kier molecular flexibility index (Phi) is 6.63. The van der Waals surface area contributed by atoms with E-state index < -0.39 is 0 Å². The van der Waals surface area contributed by atoms with Crippen molar-refractivity contribution in [1.82, 2.24) is 4.98 Å². The van der Waals surface area contributed by atoms with E-state index in [1.807, 2.05) is 54.6 Å². The highest BCUT2D eigenvalue weighted by Crippen LogP contribution is 2.29. The molecular formula is C23H25N3O2. The molecule has 2 N–H and O–H groups in total. The van der Waals surface area contributed by atoms with Crippen molar-refractivity contribution in [3.8, 4) is 11.5 Å². The number of ether oxygens (including phenoxy) is 1. The fourth-order valence-electron chi connectivity index (χ4n) is 2.60. The van der Waals surface area contributed by atoms with Crippen LogP contribution in [0.3, 0.4) is 0 Å². The van der Waals surface area contributed by atoms with Crippen molar-refractivity contribution >= 4 is 17.3 Å². The summed E-state index contributed by atoms with van der Waals surface area (Å²) in [6.45, 7) is 5.26. The molecule has 0 fully saturated rings. The SMILES string of the molecule is CC(C)CCNc1ccc(C(=O)Nc2ccccc2Oc2ccccc2)nc1. The molecule has 0 aliphatic carbocycles. The Morgan fingerprint density at radius 1 is 1.00 bits per heavy atom. The number of aromatic nitrogens is 1. The maximum Gasteiger partial charge on any atom is 0.274 e. The zero-order valence-electron chi connectivity index (χ0n) is 16.2. The Labute approximate surface area is 165 Å². The van der Waals surface area contributed by atoms with Gasteiger partial charge in [-0.25, -0.2) is 4.98 Å². The minimum Gasteiger partial charge on any atom is -0.455 e. The highest BCUT2D eigenvalue weighted by molar-refractivity contribution is 6.03. The normalized spacial score (nSPS) is 10.5. The van der Waals surface area contributed by atoms with Crippen LogP contribution in [0.25, 0.3) is 0 Å². The number of carbonyl (C=O) groups excluding carboxylic acids is 1. The van der Waals surface area contributed by atoms with Gasteiger partial charge in [-0.1, -0.05) is 44.2 Å². The van der Waals surface area contributed by atoms with Gasteiger partial charge >= 0.3 is 0 Å². The van der Waals surface area contributed by atoms with E-state index in [4.69, 9.17) is 4.74 Å². The van der Waals surface area contributed by atoms with Crippen molar-refractivity contribution in [2.24, 2.45) is 5.92 Å². The van der Waals surface area contributed by atoms with Crippen molar-refractivity contribution in [3.63, 3.8) is 0 Å². The molecule has 0 unspecified atom stereocenters. The van der Waals surface area contributed by atoms with E-state index in [2.05, 4.69) is 29.5 Å². The lowest BCUT2D eigenvalue weighted by Gasteiger charge is -2.12. The summed E-state index contributed by atoms with van der Waals surface area (Å²) >= 11 is 0. The van der Waals surface area contributed by atoms with Gasteiger partial charge in [0.2, 0.25) is 0 Å². The predicted octanol–water partition coefficient (Wildman–Crippen LogP) is 5.58. The molecule has 1 heterocycles. The molecule has 0 atom stereocenters. The number of benzene rings is 2. The van der Waals surface area contributed by atoms with Gasteiger partial charge in [-0.2, -0.15) is 0 Å². The smallest absolute Gasteiger partial charge is 0.274 e. The van der Waals surface area contributed by atoms with Crippen molar-refractivity contribution in [2.75, 3.05) is 17.2 Å². The average molecular weight is 375 g/mol. The maximum atomic E-state index is 12.6. The fourth-order valence-corrected chi connectivity index (χ4v) is 2.60. The third kappa shape index (κ3) is 5.58. The first kappa shape index (κ1) is 19.4. The molecule has 2 aromatic carbocycles. The van der Waals surface area contributed by atoms with Crippen LogP contribution < -0.4 is 15.4 Å². The number of nitrogens with zero attached hydrogens (tertiary/aromatic N) is 1. The van der Waals surface area contributed by atoms with Crippen LogP contribution in [0.4, 0.5) is 11.4 Å². The van der Waals surface area contributed by atoms with Crippen LogP contribution in [0, 0.1) is 5.92 Å². The lowest BCUT2D eigenvalue weighted by atomic mass is 10.1. The summed E-state index contributed by atoms with van der Waals surface area (Å²) in [6.07, 6.45) is 2.77. The fraction of sp³-hybridized carbons (Fsp3) is 0.217. The second-order valence-electron chi connectivity index (χ2n) is 6.91. The second kappa shape index (κ2) is 9.55. The zero-order valence-corrected chi connectivity index (χ0v) is 16.2. The molecule has 144 valence electrons. The number of hydrogen-bond donors (Lipinski definition) is 2. The molecule has 28 heavy (non-hydrogen) atoms. The summed E-state index contributed by atoms with van der Waals surface area (Å²) < 4.78 is 5.88. The number of rotatable bonds is 8. The monoisotopic (exact) mass is 375 g/mol. The minimum atomic E-state index is -0.280. The Hall–Kier alpha value is -3.34. The van der Waals surface area contributed by atoms with Gasteiger partial charge in [0.15, 0.2) is 5.75 Å². The topological polar surface area (TPSA) is 63.2 Å². The van der Waals surface area contributed by atoms with Crippen molar-refractivity contribution in [1.29, 1.82) is 0 Å². The van der Waals surface area contributed by atoms with Crippen molar-refractivity contribution < 1.29 is 9.53 Å². The summed E-state index contributed by atoms with van der Waals surface area (Å²) in [6, 6.07) is 20.4. The van der Waals surface area contributed by atoms with Gasteiger partial charge in [0.1, 0.15) is 11.4 Å². The number of amides is 1. The van der Waals surface area contributed by atoms with Crippen LogP contribution in [-0.4, -0.2) is 17.4 Å². The number of hydrogen-bond acceptors (Lipinski definition) is 4. The van der Waals surface area contributed by atoms with Crippen LogP contribution in [0.2, 0.25) is 0 Å². The molecule has 1 aromatic heterocycles. The lowest BCUT2D eigenvalue weighted by Crippen LogP contribution is -2.14. The third-order valence-electron chi connectivity index (χ3n) is 4.15. The van der Waals surface area contributed by atoms with Crippen LogP contribution in [-0.2, 0) is 0 Å². The highest BCUT2D eigenvalue weighted by Gasteiger charge is 2.11. The lowest BCUT2D eigenvalue weighted by molar-refractivity contribution is 0.102. The molecule has 0 spiro atoms. The molecule has 3 rings (SSSR count). The van der Waals surface area contributed by atoms with E-state index in [0.717, 1.165) is 18.7 Å². The average Bonchev–Trinajstić information content (AvgIpc) is 2.70.